The number of aromatic nitrogens is 2. The van der Waals surface area contributed by atoms with E-state index in [0.29, 0.717) is 29.4 Å². The van der Waals surface area contributed by atoms with Crippen LogP contribution in [0.3, 0.4) is 0 Å². The van der Waals surface area contributed by atoms with E-state index in [1.165, 1.54) is 34.2 Å². The summed E-state index contributed by atoms with van der Waals surface area (Å²) in [5.74, 6) is 1.54. The van der Waals surface area contributed by atoms with Crippen LogP contribution in [0.4, 0.5) is 0 Å². The van der Waals surface area contributed by atoms with E-state index in [4.69, 9.17) is 9.72 Å². The van der Waals surface area contributed by atoms with Gasteiger partial charge in [-0.2, -0.15) is 0 Å². The molecule has 0 aliphatic carbocycles. The van der Waals surface area contributed by atoms with Gasteiger partial charge in [0.25, 0.3) is 5.56 Å². The lowest BCUT2D eigenvalue weighted by molar-refractivity contribution is 0.343. The maximum absolute atomic E-state index is 13.4. The first kappa shape index (κ1) is 21.4. The van der Waals surface area contributed by atoms with Gasteiger partial charge in [0.05, 0.1) is 12.0 Å². The van der Waals surface area contributed by atoms with Crippen LogP contribution in [0.25, 0.3) is 21.3 Å². The van der Waals surface area contributed by atoms with Crippen molar-refractivity contribution in [1.29, 1.82) is 0 Å². The van der Waals surface area contributed by atoms with Crippen LogP contribution in [0.5, 0.6) is 5.75 Å². The molecule has 2 aromatic heterocycles. The Morgan fingerprint density at radius 3 is 2.45 bits per heavy atom. The van der Waals surface area contributed by atoms with Crippen LogP contribution in [0.2, 0.25) is 0 Å². The minimum atomic E-state index is -0.0244. The Balaban J connectivity index is 1.59. The number of ether oxygens (including phenoxy) is 1. The molecule has 2 aromatic carbocycles. The molecule has 4 nitrogen and oxygen atoms in total. The summed E-state index contributed by atoms with van der Waals surface area (Å²) in [7, 11) is 0. The molecule has 0 aliphatic rings. The average molecular weight is 449 g/mol. The Hall–Kier alpha value is -2.83. The molecule has 0 spiro atoms. The zero-order chi connectivity index (χ0) is 21.8. The summed E-state index contributed by atoms with van der Waals surface area (Å²) in [6.07, 6.45) is 1.74. The van der Waals surface area contributed by atoms with E-state index in [9.17, 15) is 4.79 Å². The smallest absolute Gasteiger partial charge is 0.263 e. The fourth-order valence-electron chi connectivity index (χ4n) is 3.28. The van der Waals surface area contributed by atoms with Crippen molar-refractivity contribution in [3.8, 4) is 16.9 Å². The van der Waals surface area contributed by atoms with Gasteiger partial charge in [0, 0.05) is 23.2 Å². The second-order valence-electron chi connectivity index (χ2n) is 7.30. The summed E-state index contributed by atoms with van der Waals surface area (Å²) >= 11 is 3.04. The number of allylic oxidation sites excluding steroid dienone is 1. The SMILES string of the molecule is C=CCn1c(SCCOc2ccc(C)cc2)nc2scc(-c3ccc(C)cc3)c2c1=O. The second kappa shape index (κ2) is 9.54. The van der Waals surface area contributed by atoms with Crippen LogP contribution in [0, 0.1) is 13.8 Å². The predicted molar refractivity (Wildman–Crippen MR) is 132 cm³/mol. The van der Waals surface area contributed by atoms with Gasteiger partial charge < -0.3 is 4.74 Å². The van der Waals surface area contributed by atoms with Gasteiger partial charge in [0.1, 0.15) is 10.6 Å². The topological polar surface area (TPSA) is 44.1 Å². The van der Waals surface area contributed by atoms with Crippen molar-refractivity contribution in [2.24, 2.45) is 0 Å². The minimum absolute atomic E-state index is 0.0244. The summed E-state index contributed by atoms with van der Waals surface area (Å²) < 4.78 is 7.52. The number of thiophene rings is 1. The van der Waals surface area contributed by atoms with E-state index in [1.807, 2.05) is 29.6 Å². The van der Waals surface area contributed by atoms with Gasteiger partial charge >= 0.3 is 0 Å². The number of hydrogen-bond acceptors (Lipinski definition) is 5. The van der Waals surface area contributed by atoms with E-state index in [-0.39, 0.29) is 5.56 Å². The molecule has 0 amide bonds. The highest BCUT2D eigenvalue weighted by Gasteiger charge is 2.17. The van der Waals surface area contributed by atoms with Crippen molar-refractivity contribution in [2.75, 3.05) is 12.4 Å². The molecular formula is C25H24N2O2S2. The van der Waals surface area contributed by atoms with E-state index in [2.05, 4.69) is 44.7 Å². The Bertz CT molecular complexity index is 1260. The van der Waals surface area contributed by atoms with Crippen molar-refractivity contribution < 1.29 is 4.74 Å². The van der Waals surface area contributed by atoms with Crippen LogP contribution in [0.1, 0.15) is 11.1 Å². The fourth-order valence-corrected chi connectivity index (χ4v) is 5.09. The van der Waals surface area contributed by atoms with E-state index < -0.39 is 0 Å². The first-order chi connectivity index (χ1) is 15.1. The van der Waals surface area contributed by atoms with E-state index >= 15 is 0 Å². The maximum atomic E-state index is 13.4. The molecule has 0 saturated carbocycles. The fraction of sp³-hybridized carbons (Fsp3) is 0.200. The number of benzene rings is 2. The van der Waals surface area contributed by atoms with Gasteiger partial charge in [-0.1, -0.05) is 65.4 Å². The van der Waals surface area contributed by atoms with Crippen LogP contribution in [0.15, 0.2) is 76.5 Å². The largest absolute Gasteiger partial charge is 0.493 e. The highest BCUT2D eigenvalue weighted by Crippen LogP contribution is 2.32. The Morgan fingerprint density at radius 1 is 1.10 bits per heavy atom. The Kier molecular flexibility index (Phi) is 6.59. The third-order valence-corrected chi connectivity index (χ3v) is 6.75. The molecule has 4 aromatic rings. The highest BCUT2D eigenvalue weighted by molar-refractivity contribution is 7.99. The lowest BCUT2D eigenvalue weighted by Gasteiger charge is -2.11. The molecule has 0 fully saturated rings. The molecule has 0 aliphatic heterocycles. The zero-order valence-corrected chi connectivity index (χ0v) is 19.3. The number of fused-ring (bicyclic) bond motifs is 1. The summed E-state index contributed by atoms with van der Waals surface area (Å²) in [6.45, 7) is 8.89. The lowest BCUT2D eigenvalue weighted by atomic mass is 10.1. The van der Waals surface area contributed by atoms with Crippen molar-refractivity contribution in [3.63, 3.8) is 0 Å². The van der Waals surface area contributed by atoms with Crippen molar-refractivity contribution in [3.05, 3.63) is 88.0 Å². The zero-order valence-electron chi connectivity index (χ0n) is 17.6. The molecule has 0 bridgehead atoms. The Labute approximate surface area is 190 Å². The number of aryl methyl sites for hydroxylation is 2. The summed E-state index contributed by atoms with van der Waals surface area (Å²) in [4.78, 5) is 19.0. The van der Waals surface area contributed by atoms with Crippen LogP contribution < -0.4 is 10.3 Å². The molecule has 31 heavy (non-hydrogen) atoms. The van der Waals surface area contributed by atoms with E-state index in [0.717, 1.165) is 21.7 Å². The van der Waals surface area contributed by atoms with Gasteiger partial charge in [0.15, 0.2) is 5.16 Å². The molecule has 6 heteroatoms. The predicted octanol–water partition coefficient (Wildman–Crippen LogP) is 6.10. The van der Waals surface area contributed by atoms with Crippen molar-refractivity contribution in [2.45, 2.75) is 25.5 Å². The molecule has 0 radical (unpaired) electrons. The molecular weight excluding hydrogens is 424 g/mol. The van der Waals surface area contributed by atoms with Gasteiger partial charge in [-0.25, -0.2) is 4.98 Å². The highest BCUT2D eigenvalue weighted by atomic mass is 32.2. The summed E-state index contributed by atoms with van der Waals surface area (Å²) in [5, 5.41) is 3.40. The van der Waals surface area contributed by atoms with Crippen LogP contribution in [-0.2, 0) is 6.54 Å². The maximum Gasteiger partial charge on any atom is 0.263 e. The van der Waals surface area contributed by atoms with Gasteiger partial charge in [0.2, 0.25) is 0 Å². The number of nitrogens with zero attached hydrogens (tertiary/aromatic N) is 2. The summed E-state index contributed by atoms with van der Waals surface area (Å²) in [5.41, 5.74) is 4.34. The minimum Gasteiger partial charge on any atom is -0.493 e. The standard InChI is InChI=1S/C25H24N2O2S2/c1-4-13-27-24(28)22-21(19-9-5-17(2)6-10-19)16-31-23(22)26-25(27)30-15-14-29-20-11-7-18(3)8-12-20/h4-12,16H,1,13-15H2,2-3H3. The molecule has 0 saturated heterocycles. The lowest BCUT2D eigenvalue weighted by Crippen LogP contribution is -2.23. The number of thioether (sulfide) groups is 1. The van der Waals surface area contributed by atoms with E-state index in [1.54, 1.807) is 10.6 Å². The van der Waals surface area contributed by atoms with Crippen LogP contribution in [-0.4, -0.2) is 21.9 Å². The van der Waals surface area contributed by atoms with Gasteiger partial charge in [-0.15, -0.1) is 17.9 Å². The third kappa shape index (κ3) is 4.75. The molecule has 158 valence electrons. The molecule has 0 atom stereocenters. The first-order valence-corrected chi connectivity index (χ1v) is 12.0. The molecule has 2 heterocycles. The molecule has 0 unspecified atom stereocenters. The average Bonchev–Trinajstić information content (AvgIpc) is 3.19. The second-order valence-corrected chi connectivity index (χ2v) is 9.22. The summed E-state index contributed by atoms with van der Waals surface area (Å²) in [6, 6.07) is 16.2. The normalized spacial score (nSPS) is 11.0. The van der Waals surface area contributed by atoms with Crippen LogP contribution >= 0.6 is 23.1 Å². The number of rotatable bonds is 8. The number of hydrogen-bond donors (Lipinski definition) is 0. The molecule has 0 N–H and O–H groups in total. The van der Waals surface area contributed by atoms with Gasteiger partial charge in [-0.3, -0.25) is 9.36 Å². The van der Waals surface area contributed by atoms with Gasteiger partial charge in [-0.05, 0) is 31.5 Å². The monoisotopic (exact) mass is 448 g/mol. The molecule has 4 rings (SSSR count). The quantitative estimate of drug-likeness (QED) is 0.141. The Morgan fingerprint density at radius 2 is 1.77 bits per heavy atom. The third-order valence-electron chi connectivity index (χ3n) is 4.94. The first-order valence-electron chi connectivity index (χ1n) is 10.1. The van der Waals surface area contributed by atoms with Crippen molar-refractivity contribution >= 4 is 33.3 Å². The van der Waals surface area contributed by atoms with Crippen molar-refractivity contribution in [1.82, 2.24) is 9.55 Å².